The highest BCUT2D eigenvalue weighted by Gasteiger charge is 2.60. The van der Waals surface area contributed by atoms with Gasteiger partial charge in [-0.1, -0.05) is 0 Å². The maximum atomic E-state index is 13.5. The molecule has 2 nitrogen and oxygen atoms in total. The number of ether oxygens (including phenoxy) is 2. The lowest BCUT2D eigenvalue weighted by Crippen LogP contribution is -2.33. The molecule has 0 radical (unpaired) electrons. The minimum Gasteiger partial charge on any atom is -0.451 e. The first-order chi connectivity index (χ1) is 21.7. The molecule has 0 aliphatic heterocycles. The molecule has 0 aliphatic rings. The lowest BCUT2D eigenvalue weighted by Gasteiger charge is -2.25. The number of halogens is 26. The number of allylic oxidation sites excluding steroid dienone is 8. The Morgan fingerprint density at radius 2 is 0.500 bits per heavy atom. The van der Waals surface area contributed by atoms with Crippen LogP contribution in [0.4, 0.5) is 114 Å². The van der Waals surface area contributed by atoms with Crippen LogP contribution in [-0.4, -0.2) is 49.4 Å². The van der Waals surface area contributed by atoms with Gasteiger partial charge in [0, 0.05) is 0 Å². The van der Waals surface area contributed by atoms with Crippen molar-refractivity contribution in [3.8, 4) is 11.5 Å². The van der Waals surface area contributed by atoms with Gasteiger partial charge in [-0.3, -0.25) is 0 Å². The van der Waals surface area contributed by atoms with E-state index in [0.29, 0.717) is 0 Å². The zero-order valence-corrected chi connectivity index (χ0v) is 22.0. The summed E-state index contributed by atoms with van der Waals surface area (Å²) in [6.45, 7) is 0. The Kier molecular flexibility index (Phi) is 12.0. The summed E-state index contributed by atoms with van der Waals surface area (Å²) in [7, 11) is 0. The van der Waals surface area contributed by atoms with Crippen LogP contribution in [0.2, 0.25) is 0 Å². The summed E-state index contributed by atoms with van der Waals surface area (Å²) in [5.41, 5.74) is -18.5. The van der Waals surface area contributed by atoms with E-state index in [4.69, 9.17) is 0 Å². The first-order valence-electron chi connectivity index (χ1n) is 11.1. The lowest BCUT2D eigenvalue weighted by atomic mass is 10.0. The molecule has 50 heavy (non-hydrogen) atoms. The Bertz CT molecular complexity index is 1390. The molecule has 0 aliphatic carbocycles. The summed E-state index contributed by atoms with van der Waals surface area (Å²) < 4.78 is 349. The van der Waals surface area contributed by atoms with Crippen LogP contribution in [0, 0.1) is 0 Å². The fourth-order valence-corrected chi connectivity index (χ4v) is 3.12. The second-order valence-corrected chi connectivity index (χ2v) is 8.44. The third-order valence-corrected chi connectivity index (χ3v) is 4.80. The second-order valence-electron chi connectivity index (χ2n) is 8.44. The number of alkyl halides is 24. The van der Waals surface area contributed by atoms with Gasteiger partial charge in [-0.2, -0.15) is 105 Å². The van der Waals surface area contributed by atoms with Crippen LogP contribution in [0.5, 0.6) is 11.5 Å². The standard InChI is InChI=1S/C22H4F26O2/c23-11(19(37,38)39)7(15(25,26)27)9(17(31,32)33)13(21(43,44)45)49-5-1-2-6(4-3-5)50-14(22(46,47)48)10(18(34,35)36)8(16(28,29)30)12(24)20(40,41)42/h1-4H/b11-7-,12-8-,13-9-,14-10-. The van der Waals surface area contributed by atoms with Gasteiger partial charge in [0.25, 0.3) is 0 Å². The average Bonchev–Trinajstić information content (AvgIpc) is 2.83. The fourth-order valence-electron chi connectivity index (χ4n) is 3.12. The van der Waals surface area contributed by atoms with E-state index in [2.05, 4.69) is 9.47 Å². The molecule has 0 fully saturated rings. The van der Waals surface area contributed by atoms with E-state index in [-0.39, 0.29) is 0 Å². The van der Waals surface area contributed by atoms with Gasteiger partial charge in [0.05, 0.1) is 0 Å². The van der Waals surface area contributed by atoms with Gasteiger partial charge < -0.3 is 9.47 Å². The quantitative estimate of drug-likeness (QED) is 0.162. The van der Waals surface area contributed by atoms with Gasteiger partial charge in [-0.05, 0) is 24.3 Å². The number of benzene rings is 1. The zero-order valence-electron chi connectivity index (χ0n) is 22.0. The minimum absolute atomic E-state index is 0.510. The molecular weight excluding hydrogens is 790 g/mol. The van der Waals surface area contributed by atoms with Crippen LogP contribution >= 0.6 is 0 Å². The van der Waals surface area contributed by atoms with Crippen molar-refractivity contribution in [2.24, 2.45) is 0 Å². The van der Waals surface area contributed by atoms with Gasteiger partial charge in [-0.15, -0.1) is 0 Å². The first kappa shape index (κ1) is 44.0. The Morgan fingerprint density at radius 3 is 0.640 bits per heavy atom. The molecule has 1 aromatic rings. The Balaban J connectivity index is 4.17. The van der Waals surface area contributed by atoms with Crippen molar-refractivity contribution in [1.82, 2.24) is 0 Å². The summed E-state index contributed by atoms with van der Waals surface area (Å²) in [5.74, 6) is -22.1. The molecule has 0 unspecified atom stereocenters. The summed E-state index contributed by atoms with van der Waals surface area (Å²) in [6.07, 6.45) is -57.1. The monoisotopic (exact) mass is 794 g/mol. The van der Waals surface area contributed by atoms with Gasteiger partial charge in [0.15, 0.2) is 0 Å². The van der Waals surface area contributed by atoms with Crippen LogP contribution in [0.3, 0.4) is 0 Å². The zero-order chi connectivity index (χ0) is 40.0. The molecule has 0 amide bonds. The topological polar surface area (TPSA) is 18.5 Å². The third kappa shape index (κ3) is 11.0. The van der Waals surface area contributed by atoms with Crippen molar-refractivity contribution in [3.05, 3.63) is 69.7 Å². The van der Waals surface area contributed by atoms with Crippen molar-refractivity contribution in [1.29, 1.82) is 0 Å². The van der Waals surface area contributed by atoms with Crippen LogP contribution in [0.1, 0.15) is 0 Å². The Morgan fingerprint density at radius 1 is 0.300 bits per heavy atom. The van der Waals surface area contributed by atoms with Crippen LogP contribution in [0.15, 0.2) is 69.7 Å². The smallest absolute Gasteiger partial charge is 0.450 e. The Hall–Kier alpha value is -4.04. The molecular formula is C22H4F26O2. The molecule has 1 aromatic carbocycles. The summed E-state index contributed by atoms with van der Waals surface area (Å²) in [6, 6.07) is -2.04. The van der Waals surface area contributed by atoms with Crippen molar-refractivity contribution >= 4 is 0 Å². The molecule has 0 aromatic heterocycles. The van der Waals surface area contributed by atoms with E-state index < -0.39 is 131 Å². The van der Waals surface area contributed by atoms with E-state index in [1.165, 1.54) is 0 Å². The largest absolute Gasteiger partial charge is 0.451 e. The minimum atomic E-state index is -7.26. The summed E-state index contributed by atoms with van der Waals surface area (Å²) >= 11 is 0. The van der Waals surface area contributed by atoms with Crippen LogP contribution < -0.4 is 9.47 Å². The predicted octanol–water partition coefficient (Wildman–Crippen LogP) is 11.9. The molecule has 0 saturated heterocycles. The number of rotatable bonds is 6. The van der Waals surface area contributed by atoms with E-state index in [1.807, 2.05) is 0 Å². The maximum absolute atomic E-state index is 13.5. The van der Waals surface area contributed by atoms with E-state index in [1.54, 1.807) is 0 Å². The van der Waals surface area contributed by atoms with Gasteiger partial charge >= 0.3 is 49.4 Å². The van der Waals surface area contributed by atoms with Gasteiger partial charge in [0.2, 0.25) is 23.2 Å². The molecule has 0 bridgehead atoms. The van der Waals surface area contributed by atoms with Crippen molar-refractivity contribution < 1.29 is 124 Å². The van der Waals surface area contributed by atoms with E-state index >= 15 is 0 Å². The molecule has 28 heteroatoms. The highest BCUT2D eigenvalue weighted by atomic mass is 19.4. The molecule has 0 N–H and O–H groups in total. The Labute approximate surface area is 255 Å². The van der Waals surface area contributed by atoms with Gasteiger partial charge in [0.1, 0.15) is 33.8 Å². The number of hydrogen-bond acceptors (Lipinski definition) is 2. The van der Waals surface area contributed by atoms with Gasteiger partial charge in [-0.25, -0.2) is 8.78 Å². The predicted molar refractivity (Wildman–Crippen MR) is 106 cm³/mol. The molecule has 0 saturated carbocycles. The van der Waals surface area contributed by atoms with Crippen LogP contribution in [-0.2, 0) is 0 Å². The molecule has 0 spiro atoms. The van der Waals surface area contributed by atoms with E-state index in [9.17, 15) is 114 Å². The fraction of sp³-hybridized carbons (Fsp3) is 0.364. The lowest BCUT2D eigenvalue weighted by molar-refractivity contribution is -0.149. The highest BCUT2D eigenvalue weighted by molar-refractivity contribution is 5.48. The molecule has 1 rings (SSSR count). The van der Waals surface area contributed by atoms with Crippen molar-refractivity contribution in [2.75, 3.05) is 0 Å². The van der Waals surface area contributed by atoms with Crippen LogP contribution in [0.25, 0.3) is 0 Å². The van der Waals surface area contributed by atoms with Crippen molar-refractivity contribution in [2.45, 2.75) is 49.4 Å². The molecule has 0 atom stereocenters. The normalized spacial score (nSPS) is 16.7. The van der Waals surface area contributed by atoms with E-state index in [0.717, 1.165) is 0 Å². The first-order valence-corrected chi connectivity index (χ1v) is 11.1. The maximum Gasteiger partial charge on any atom is 0.450 e. The van der Waals surface area contributed by atoms with Crippen molar-refractivity contribution in [3.63, 3.8) is 0 Å². The second kappa shape index (κ2) is 13.6. The SMILES string of the molecule is F/C(=C(/C(=C(/Oc1ccc(O/C(=C(/C(=C(/F)C(F)(F)F)C(F)(F)F)C(F)(F)F)C(F)(F)F)cc1)C(F)(F)F)C(F)(F)F)C(F)(F)F)C(F)(F)F. The summed E-state index contributed by atoms with van der Waals surface area (Å²) in [4.78, 5) is 0. The number of hydrogen-bond donors (Lipinski definition) is 0. The molecule has 286 valence electrons. The summed E-state index contributed by atoms with van der Waals surface area (Å²) in [5, 5.41) is 0. The average molecular weight is 794 g/mol. The highest BCUT2D eigenvalue weighted by Crippen LogP contribution is 2.51. The third-order valence-electron chi connectivity index (χ3n) is 4.80. The molecule has 0 heterocycles.